The molecule has 26 heavy (non-hydrogen) atoms. The van der Waals surface area contributed by atoms with Gasteiger partial charge < -0.3 is 14.2 Å². The molecule has 2 aliphatic rings. The van der Waals surface area contributed by atoms with Crippen LogP contribution >= 0.6 is 11.6 Å². The second-order valence-electron chi connectivity index (χ2n) is 7.44. The maximum Gasteiger partial charge on any atom is 0.223 e. The van der Waals surface area contributed by atoms with Crippen LogP contribution in [0.15, 0.2) is 40.8 Å². The van der Waals surface area contributed by atoms with E-state index < -0.39 is 0 Å². The second-order valence-corrected chi connectivity index (χ2v) is 7.85. The van der Waals surface area contributed by atoms with E-state index in [0.29, 0.717) is 18.8 Å². The zero-order valence-corrected chi connectivity index (χ0v) is 15.9. The summed E-state index contributed by atoms with van der Waals surface area (Å²) in [4.78, 5) is 16.7. The summed E-state index contributed by atoms with van der Waals surface area (Å²) in [5, 5.41) is 0.769. The molecule has 4 rings (SSSR count). The minimum absolute atomic E-state index is 0.210. The summed E-state index contributed by atoms with van der Waals surface area (Å²) in [5.74, 6) is 3.57. The molecular weight excluding hydrogens is 348 g/mol. The molecule has 2 heterocycles. The van der Waals surface area contributed by atoms with Gasteiger partial charge in [0, 0.05) is 44.9 Å². The maximum atomic E-state index is 12.5. The fraction of sp³-hybridized carbons (Fsp3) is 0.476. The van der Waals surface area contributed by atoms with Crippen LogP contribution in [0.2, 0.25) is 5.02 Å². The van der Waals surface area contributed by atoms with Gasteiger partial charge in [-0.15, -0.1) is 0 Å². The molecule has 2 atom stereocenters. The van der Waals surface area contributed by atoms with E-state index in [-0.39, 0.29) is 5.91 Å². The number of hydrogen-bond donors (Lipinski definition) is 0. The normalized spacial score (nSPS) is 22.5. The minimum atomic E-state index is 0.210. The molecule has 1 saturated heterocycles. The van der Waals surface area contributed by atoms with E-state index in [1.807, 2.05) is 35.2 Å². The van der Waals surface area contributed by atoms with E-state index in [0.717, 1.165) is 54.3 Å². The Labute approximate surface area is 159 Å². The average Bonchev–Trinajstić information content (AvgIpc) is 3.20. The van der Waals surface area contributed by atoms with Crippen molar-refractivity contribution in [2.24, 2.45) is 5.92 Å². The highest BCUT2D eigenvalue weighted by Gasteiger charge is 2.36. The van der Waals surface area contributed by atoms with Crippen LogP contribution in [0.25, 0.3) is 0 Å². The molecule has 0 bridgehead atoms. The van der Waals surface area contributed by atoms with Crippen LogP contribution in [0.4, 0.5) is 5.69 Å². The lowest BCUT2D eigenvalue weighted by atomic mass is 10.2. The lowest BCUT2D eigenvalue weighted by molar-refractivity contribution is -0.131. The Morgan fingerprint density at radius 2 is 1.88 bits per heavy atom. The molecule has 1 aliphatic heterocycles. The van der Waals surface area contributed by atoms with Gasteiger partial charge in [0.15, 0.2) is 0 Å². The molecule has 1 saturated carbocycles. The van der Waals surface area contributed by atoms with Crippen LogP contribution in [0.3, 0.4) is 0 Å². The van der Waals surface area contributed by atoms with Gasteiger partial charge in [0.2, 0.25) is 5.91 Å². The lowest BCUT2D eigenvalue weighted by Gasteiger charge is -2.36. The van der Waals surface area contributed by atoms with Gasteiger partial charge >= 0.3 is 0 Å². The Morgan fingerprint density at radius 3 is 2.58 bits per heavy atom. The molecule has 1 aromatic heterocycles. The molecule has 0 spiro atoms. The number of nitrogens with zero attached hydrogens (tertiary/aromatic N) is 2. The first kappa shape index (κ1) is 17.5. The monoisotopic (exact) mass is 372 g/mol. The number of aryl methyl sites for hydroxylation is 1. The van der Waals surface area contributed by atoms with Crippen molar-refractivity contribution in [1.82, 2.24) is 4.90 Å². The highest BCUT2D eigenvalue weighted by Crippen LogP contribution is 2.47. The Morgan fingerprint density at radius 1 is 1.15 bits per heavy atom. The minimum Gasteiger partial charge on any atom is -0.466 e. The molecule has 0 N–H and O–H groups in total. The lowest BCUT2D eigenvalue weighted by Crippen LogP contribution is -2.48. The average molecular weight is 373 g/mol. The fourth-order valence-corrected chi connectivity index (χ4v) is 4.00. The number of carbonyl (C=O) groups is 1. The van der Waals surface area contributed by atoms with Crippen molar-refractivity contribution in [3.63, 3.8) is 0 Å². The Kier molecular flexibility index (Phi) is 4.94. The first-order chi connectivity index (χ1) is 12.6. The summed E-state index contributed by atoms with van der Waals surface area (Å²) in [5.41, 5.74) is 1.05. The van der Waals surface area contributed by atoms with Gasteiger partial charge in [0.05, 0.1) is 10.7 Å². The summed E-state index contributed by atoms with van der Waals surface area (Å²) in [6, 6.07) is 12.0. The first-order valence-electron chi connectivity index (χ1n) is 9.47. The number of halogens is 1. The number of amides is 1. The summed E-state index contributed by atoms with van der Waals surface area (Å²) < 4.78 is 5.91. The van der Waals surface area contributed by atoms with E-state index in [2.05, 4.69) is 17.9 Å². The molecule has 1 amide bonds. The van der Waals surface area contributed by atoms with Gasteiger partial charge in [-0.2, -0.15) is 0 Å². The third-order valence-electron chi connectivity index (χ3n) is 5.57. The molecule has 0 unspecified atom stereocenters. The molecule has 1 aromatic carbocycles. The number of anilines is 1. The van der Waals surface area contributed by atoms with Gasteiger partial charge in [-0.3, -0.25) is 4.79 Å². The predicted molar refractivity (Wildman–Crippen MR) is 104 cm³/mol. The van der Waals surface area contributed by atoms with Gasteiger partial charge in [0.1, 0.15) is 11.5 Å². The van der Waals surface area contributed by atoms with Gasteiger partial charge in [-0.05, 0) is 36.6 Å². The smallest absolute Gasteiger partial charge is 0.223 e. The molecule has 2 fully saturated rings. The number of furan rings is 1. The predicted octanol–water partition coefficient (Wildman–Crippen LogP) is 4.34. The summed E-state index contributed by atoms with van der Waals surface area (Å²) in [6.45, 7) is 5.37. The quantitative estimate of drug-likeness (QED) is 0.783. The third kappa shape index (κ3) is 3.75. The van der Waals surface area contributed by atoms with Crippen molar-refractivity contribution in [2.75, 3.05) is 31.1 Å². The molecule has 138 valence electrons. The summed E-state index contributed by atoms with van der Waals surface area (Å²) in [6.07, 6.45) is 2.42. The molecule has 0 radical (unpaired) electrons. The fourth-order valence-electron chi connectivity index (χ4n) is 3.74. The van der Waals surface area contributed by atoms with Crippen LogP contribution in [-0.2, 0) is 11.2 Å². The Bertz CT molecular complexity index is 780. The van der Waals surface area contributed by atoms with Crippen molar-refractivity contribution in [3.8, 4) is 0 Å². The molecule has 1 aliphatic carbocycles. The number of para-hydroxylation sites is 1. The zero-order chi connectivity index (χ0) is 18.1. The number of piperazine rings is 1. The van der Waals surface area contributed by atoms with Crippen molar-refractivity contribution in [1.29, 1.82) is 0 Å². The number of hydrogen-bond acceptors (Lipinski definition) is 3. The number of rotatable bonds is 5. The van der Waals surface area contributed by atoms with Crippen LogP contribution < -0.4 is 4.90 Å². The van der Waals surface area contributed by atoms with Crippen molar-refractivity contribution >= 4 is 23.2 Å². The molecule has 2 aromatic rings. The van der Waals surface area contributed by atoms with Crippen molar-refractivity contribution < 1.29 is 9.21 Å². The molecular formula is C21H25ClN2O2. The van der Waals surface area contributed by atoms with E-state index in [4.69, 9.17) is 16.0 Å². The van der Waals surface area contributed by atoms with Crippen LogP contribution in [0.1, 0.15) is 37.2 Å². The van der Waals surface area contributed by atoms with E-state index in [9.17, 15) is 4.79 Å². The zero-order valence-electron chi connectivity index (χ0n) is 15.2. The highest BCUT2D eigenvalue weighted by molar-refractivity contribution is 6.33. The van der Waals surface area contributed by atoms with Gasteiger partial charge in [0.25, 0.3) is 0 Å². The SMILES string of the molecule is C[C@@H]1C[C@@H]1c1ccc(CCC(=O)N2CCN(c3ccccc3Cl)CC2)o1. The van der Waals surface area contributed by atoms with E-state index in [1.54, 1.807) is 0 Å². The Hall–Kier alpha value is -1.94. The van der Waals surface area contributed by atoms with E-state index in [1.165, 1.54) is 6.42 Å². The Balaban J connectivity index is 1.26. The maximum absolute atomic E-state index is 12.5. The van der Waals surface area contributed by atoms with Crippen molar-refractivity contribution in [2.45, 2.75) is 32.1 Å². The number of carbonyl (C=O) groups excluding carboxylic acids is 1. The van der Waals surface area contributed by atoms with Crippen molar-refractivity contribution in [3.05, 3.63) is 52.9 Å². The highest BCUT2D eigenvalue weighted by atomic mass is 35.5. The van der Waals surface area contributed by atoms with Gasteiger partial charge in [-0.25, -0.2) is 0 Å². The summed E-state index contributed by atoms with van der Waals surface area (Å²) >= 11 is 6.28. The van der Waals surface area contributed by atoms with Gasteiger partial charge in [-0.1, -0.05) is 30.7 Å². The largest absolute Gasteiger partial charge is 0.466 e. The summed E-state index contributed by atoms with van der Waals surface area (Å²) in [7, 11) is 0. The molecule has 5 heteroatoms. The number of benzene rings is 1. The van der Waals surface area contributed by atoms with E-state index >= 15 is 0 Å². The van der Waals surface area contributed by atoms with Crippen LogP contribution in [-0.4, -0.2) is 37.0 Å². The first-order valence-corrected chi connectivity index (χ1v) is 9.85. The van der Waals surface area contributed by atoms with Crippen LogP contribution in [0.5, 0.6) is 0 Å². The second kappa shape index (κ2) is 7.36. The third-order valence-corrected chi connectivity index (χ3v) is 5.89. The molecule has 4 nitrogen and oxygen atoms in total. The standard InChI is InChI=1S/C21H25ClN2O2/c1-15-14-17(15)20-8-6-16(26-20)7-9-21(25)24-12-10-23(11-13-24)19-5-3-2-4-18(19)22/h2-6,8,15,17H,7,9-14H2,1H3/t15-,17+/m1/s1. The van der Waals surface area contributed by atoms with Crippen LogP contribution in [0, 0.1) is 5.92 Å². The topological polar surface area (TPSA) is 36.7 Å².